The van der Waals surface area contributed by atoms with Gasteiger partial charge in [-0.05, 0) is 0 Å². The quantitative estimate of drug-likeness (QED) is 0.0420. The molecule has 0 amide bonds. The molecule has 16 heteroatoms. The van der Waals surface area contributed by atoms with E-state index in [1.807, 2.05) is 0 Å². The molecule has 0 aromatic heterocycles. The van der Waals surface area contributed by atoms with E-state index >= 15 is 0 Å². The summed E-state index contributed by atoms with van der Waals surface area (Å²) < 4.78 is 106. The van der Waals surface area contributed by atoms with E-state index in [9.17, 15) is 25.3 Å². The summed E-state index contributed by atoms with van der Waals surface area (Å²) in [5.74, 6) is 0. The van der Waals surface area contributed by atoms with Gasteiger partial charge in [0.2, 0.25) is 0 Å². The first-order valence-electron chi connectivity index (χ1n) is 29.7. The Labute approximate surface area is 441 Å². The van der Waals surface area contributed by atoms with Gasteiger partial charge in [0.05, 0.1) is 0 Å². The van der Waals surface area contributed by atoms with Crippen molar-refractivity contribution in [3.05, 3.63) is 0 Å². The third-order valence-corrected chi connectivity index (χ3v) is 23.2. The van der Waals surface area contributed by atoms with Gasteiger partial charge in [-0.1, -0.05) is 175 Å². The summed E-state index contributed by atoms with van der Waals surface area (Å²) in [6, 6.07) is 0. The Hall–Kier alpha value is 0.246. The van der Waals surface area contributed by atoms with Crippen LogP contribution in [0.4, 0.5) is 0 Å². The summed E-state index contributed by atoms with van der Waals surface area (Å²) >= 11 is -5.16. The van der Waals surface area contributed by atoms with Gasteiger partial charge in [-0.3, -0.25) is 0 Å². The number of hydrogen-bond acceptors (Lipinski definition) is 12. The van der Waals surface area contributed by atoms with E-state index in [0.717, 1.165) is 77.0 Å². The molecule has 0 atom stereocenters. The van der Waals surface area contributed by atoms with Crippen molar-refractivity contribution in [2.45, 2.75) is 329 Å². The second-order valence-electron chi connectivity index (χ2n) is 20.2. The molecule has 0 rings (SSSR count). The average molecular weight is 1120 g/mol. The van der Waals surface area contributed by atoms with Gasteiger partial charge in [0.15, 0.2) is 0 Å². The van der Waals surface area contributed by atoms with Crippen LogP contribution in [-0.4, -0.2) is 62.4 Å². The molecule has 0 aromatic rings. The van der Waals surface area contributed by atoms with Crippen LogP contribution in [0.25, 0.3) is 0 Å². The van der Waals surface area contributed by atoms with Gasteiger partial charge in [-0.25, -0.2) is 0 Å². The van der Waals surface area contributed by atoms with Crippen molar-refractivity contribution in [2.24, 2.45) is 0 Å². The number of hydrogen-bond donors (Lipinski definition) is 0. The zero-order chi connectivity index (χ0) is 51.4. The van der Waals surface area contributed by atoms with Crippen molar-refractivity contribution in [3.8, 4) is 0 Å². The second-order valence-corrected chi connectivity index (χ2v) is 28.8. The van der Waals surface area contributed by atoms with Crippen LogP contribution >= 0.6 is 0 Å². The van der Waals surface area contributed by atoms with E-state index in [1.165, 1.54) is 212 Å². The molecule has 0 saturated heterocycles. The van der Waals surface area contributed by atoms with Gasteiger partial charge in [0.1, 0.15) is 0 Å². The predicted molar refractivity (Wildman–Crippen MR) is 292 cm³/mol. The molecule has 0 aliphatic heterocycles. The first-order valence-corrected chi connectivity index (χ1v) is 36.7. The summed E-state index contributed by atoms with van der Waals surface area (Å²) in [6.45, 7) is 6.12. The summed E-state index contributed by atoms with van der Waals surface area (Å²) in [5.41, 5.74) is 0. The van der Waals surface area contributed by atoms with Crippen molar-refractivity contribution >= 4 is 48.5 Å². The molecular formula is C54H111GaO12S3. The average Bonchev–Trinajstić information content (AvgIpc) is 3.31. The summed E-state index contributed by atoms with van der Waals surface area (Å²) in [5, 5.41) is 0. The summed E-state index contributed by atoms with van der Waals surface area (Å²) in [7, 11) is -14.6. The molecule has 0 saturated carbocycles. The summed E-state index contributed by atoms with van der Waals surface area (Å²) in [6.07, 6.45) is 56.1. The minimum absolute atomic E-state index is 0.208. The second kappa shape index (κ2) is 52.7. The zero-order valence-electron chi connectivity index (χ0n) is 45.8. The van der Waals surface area contributed by atoms with Crippen LogP contribution in [0.15, 0.2) is 0 Å². The van der Waals surface area contributed by atoms with Gasteiger partial charge >= 0.3 is 269 Å². The molecule has 0 spiro atoms. The Morgan fingerprint density at radius 1 is 0.214 bits per heavy atom. The van der Waals surface area contributed by atoms with Crippen LogP contribution in [0.5, 0.6) is 0 Å². The van der Waals surface area contributed by atoms with E-state index in [2.05, 4.69) is 20.8 Å². The molecule has 0 aliphatic carbocycles. The van der Waals surface area contributed by atoms with Gasteiger partial charge in [-0.15, -0.1) is 0 Å². The van der Waals surface area contributed by atoms with Gasteiger partial charge < -0.3 is 0 Å². The molecule has 0 fully saturated rings. The fourth-order valence-electron chi connectivity index (χ4n) is 8.85. The van der Waals surface area contributed by atoms with Crippen LogP contribution in [0.3, 0.4) is 0 Å². The van der Waals surface area contributed by atoms with Gasteiger partial charge in [0.25, 0.3) is 0 Å². The van der Waals surface area contributed by atoms with Crippen molar-refractivity contribution in [3.63, 3.8) is 0 Å². The molecule has 420 valence electrons. The number of unbranched alkanes of at least 4 members (excludes halogenated alkanes) is 45. The van der Waals surface area contributed by atoms with E-state index in [0.29, 0.717) is 19.3 Å². The minimum Gasteiger partial charge on any atom is -0.0654 e. The molecule has 12 nitrogen and oxygen atoms in total. The maximum atomic E-state index is 12.8. The molecule has 0 radical (unpaired) electrons. The van der Waals surface area contributed by atoms with Crippen LogP contribution in [-0.2, 0) is 52.7 Å². The Kier molecular flexibility index (Phi) is 52.9. The zero-order valence-corrected chi connectivity index (χ0v) is 50.6. The number of rotatable bonds is 60. The fraction of sp³-hybridized carbons (Fsp3) is 1.00. The molecule has 0 aliphatic rings. The third kappa shape index (κ3) is 54.5. The third-order valence-electron chi connectivity index (χ3n) is 13.3. The van der Waals surface area contributed by atoms with Crippen molar-refractivity contribution in [2.75, 3.05) is 19.8 Å². The van der Waals surface area contributed by atoms with Crippen LogP contribution < -0.4 is 0 Å². The van der Waals surface area contributed by atoms with E-state index in [-0.39, 0.29) is 19.8 Å². The Morgan fingerprint density at radius 2 is 0.343 bits per heavy atom. The van der Waals surface area contributed by atoms with Crippen LogP contribution in [0.2, 0.25) is 0 Å². The van der Waals surface area contributed by atoms with Crippen LogP contribution in [0, 0.1) is 0 Å². The van der Waals surface area contributed by atoms with E-state index in [1.54, 1.807) is 0 Å². The summed E-state index contributed by atoms with van der Waals surface area (Å²) in [4.78, 5) is 0. The Bertz CT molecular complexity index is 1240. The molecule has 0 heterocycles. The molecular weight excluding hydrogens is 1010 g/mol. The van der Waals surface area contributed by atoms with Crippen molar-refractivity contribution in [1.29, 1.82) is 0 Å². The Morgan fingerprint density at radius 3 is 0.486 bits per heavy atom. The standard InChI is InChI=1S/3C18H38O4S.Ga/c3*1-2-3-4-5-6-7-8-9-10-11-12-13-14-15-16-17-18-22-23(19,20)21;/h3*2-18H2,1H3,(H,19,20,21);/q;;;+3/p-3. The fourth-order valence-corrected chi connectivity index (χ4v) is 17.4. The van der Waals surface area contributed by atoms with Crippen molar-refractivity contribution < 1.29 is 46.7 Å². The monoisotopic (exact) mass is 1120 g/mol. The predicted octanol–water partition coefficient (Wildman–Crippen LogP) is 17.6. The van der Waals surface area contributed by atoms with Gasteiger partial charge in [0, 0.05) is 0 Å². The molecule has 0 aromatic carbocycles. The van der Waals surface area contributed by atoms with Crippen LogP contribution in [0.1, 0.15) is 329 Å². The SMILES string of the molecule is CCCCCCCCCCCCCCCCCCOS(=O)(=O)[O][Ga]([O]S(=O)(=O)OCCCCCCCCCCCCCCCCCC)[O]S(=O)(=O)OCCCCCCCCCCCCCCCCCC. The van der Waals surface area contributed by atoms with Crippen molar-refractivity contribution in [1.82, 2.24) is 0 Å². The molecule has 0 N–H and O–H groups in total. The first-order chi connectivity index (χ1) is 34.0. The first kappa shape index (κ1) is 70.2. The van der Waals surface area contributed by atoms with E-state index < -0.39 is 48.5 Å². The topological polar surface area (TPSA) is 158 Å². The minimum atomic E-state index is -5.16. The molecule has 70 heavy (non-hydrogen) atoms. The maximum absolute atomic E-state index is 12.8. The smallest absolute Gasteiger partial charge is 0.0654 e. The Balaban J connectivity index is 4.65. The normalized spacial score (nSPS) is 12.4. The van der Waals surface area contributed by atoms with Gasteiger partial charge in [-0.2, -0.15) is 0 Å². The molecule has 0 unspecified atom stereocenters. The van der Waals surface area contributed by atoms with E-state index in [4.69, 9.17) is 21.5 Å². The molecule has 0 bridgehead atoms.